The number of fused-ring (bicyclic) bond motifs is 1. The maximum Gasteiger partial charge on any atom is 0.106 e. The van der Waals surface area contributed by atoms with Crippen molar-refractivity contribution in [1.29, 1.82) is 0 Å². The van der Waals surface area contributed by atoms with Crippen molar-refractivity contribution in [3.05, 3.63) is 81.8 Å². The first-order valence-corrected chi connectivity index (χ1v) is 7.03. The van der Waals surface area contributed by atoms with Gasteiger partial charge in [0.2, 0.25) is 0 Å². The summed E-state index contributed by atoms with van der Waals surface area (Å²) in [5.74, 6) is 0. The SMILES string of the molecule is OC(c1ccc(Cl)cc1Cl)c1cccc2ccccc12. The van der Waals surface area contributed by atoms with Gasteiger partial charge in [0, 0.05) is 15.6 Å². The standard InChI is InChI=1S/C17H12Cl2O/c18-12-8-9-15(16(19)10-12)17(20)14-7-3-5-11-4-1-2-6-13(11)14/h1-10,17,20H. The van der Waals surface area contributed by atoms with Crippen LogP contribution in [0.25, 0.3) is 10.8 Å². The molecule has 3 heteroatoms. The van der Waals surface area contributed by atoms with Crippen LogP contribution in [0.2, 0.25) is 10.0 Å². The fourth-order valence-electron chi connectivity index (χ4n) is 2.38. The zero-order valence-electron chi connectivity index (χ0n) is 10.6. The van der Waals surface area contributed by atoms with Crippen LogP contribution >= 0.6 is 23.2 Å². The molecule has 0 aliphatic heterocycles. The molecule has 0 saturated carbocycles. The van der Waals surface area contributed by atoms with Gasteiger partial charge in [-0.1, -0.05) is 71.7 Å². The Morgan fingerprint density at radius 1 is 0.800 bits per heavy atom. The van der Waals surface area contributed by atoms with E-state index >= 15 is 0 Å². The van der Waals surface area contributed by atoms with E-state index in [9.17, 15) is 5.11 Å². The van der Waals surface area contributed by atoms with Crippen LogP contribution in [-0.2, 0) is 0 Å². The molecule has 0 aromatic heterocycles. The first-order chi connectivity index (χ1) is 9.66. The molecule has 0 bridgehead atoms. The third-order valence-corrected chi connectivity index (χ3v) is 3.94. The molecule has 0 aliphatic carbocycles. The summed E-state index contributed by atoms with van der Waals surface area (Å²) in [6, 6.07) is 19.0. The van der Waals surface area contributed by atoms with E-state index in [1.165, 1.54) is 0 Å². The molecule has 3 aromatic rings. The highest BCUT2D eigenvalue weighted by Gasteiger charge is 2.16. The van der Waals surface area contributed by atoms with E-state index in [2.05, 4.69) is 0 Å². The van der Waals surface area contributed by atoms with Gasteiger partial charge in [-0.2, -0.15) is 0 Å². The van der Waals surface area contributed by atoms with Crippen LogP contribution in [0, 0.1) is 0 Å². The lowest BCUT2D eigenvalue weighted by atomic mass is 9.96. The van der Waals surface area contributed by atoms with Gasteiger partial charge in [0.05, 0.1) is 0 Å². The Morgan fingerprint density at radius 2 is 1.55 bits per heavy atom. The minimum Gasteiger partial charge on any atom is -0.384 e. The van der Waals surface area contributed by atoms with Crippen LogP contribution in [0.4, 0.5) is 0 Å². The van der Waals surface area contributed by atoms with Gasteiger partial charge in [0.15, 0.2) is 0 Å². The fraction of sp³-hybridized carbons (Fsp3) is 0.0588. The van der Waals surface area contributed by atoms with Crippen molar-refractivity contribution in [2.45, 2.75) is 6.10 Å². The summed E-state index contributed by atoms with van der Waals surface area (Å²) < 4.78 is 0. The van der Waals surface area contributed by atoms with Crippen LogP contribution < -0.4 is 0 Å². The monoisotopic (exact) mass is 302 g/mol. The maximum absolute atomic E-state index is 10.6. The number of aliphatic hydroxyl groups excluding tert-OH is 1. The average Bonchev–Trinajstić information content (AvgIpc) is 2.46. The molecule has 0 amide bonds. The van der Waals surface area contributed by atoms with Crippen molar-refractivity contribution in [1.82, 2.24) is 0 Å². The summed E-state index contributed by atoms with van der Waals surface area (Å²) in [7, 11) is 0. The van der Waals surface area contributed by atoms with E-state index in [-0.39, 0.29) is 0 Å². The van der Waals surface area contributed by atoms with Crippen LogP contribution in [0.1, 0.15) is 17.2 Å². The number of benzene rings is 3. The highest BCUT2D eigenvalue weighted by molar-refractivity contribution is 6.35. The lowest BCUT2D eigenvalue weighted by Crippen LogP contribution is -2.01. The summed E-state index contributed by atoms with van der Waals surface area (Å²) in [6.45, 7) is 0. The van der Waals surface area contributed by atoms with Gasteiger partial charge in [-0.15, -0.1) is 0 Å². The highest BCUT2D eigenvalue weighted by Crippen LogP contribution is 2.33. The summed E-state index contributed by atoms with van der Waals surface area (Å²) >= 11 is 12.1. The second-order valence-electron chi connectivity index (χ2n) is 4.64. The minimum atomic E-state index is -0.772. The first kappa shape index (κ1) is 13.4. The minimum absolute atomic E-state index is 0.470. The van der Waals surface area contributed by atoms with Crippen LogP contribution in [0.5, 0.6) is 0 Å². The van der Waals surface area contributed by atoms with E-state index in [4.69, 9.17) is 23.2 Å². The lowest BCUT2D eigenvalue weighted by molar-refractivity contribution is 0.222. The third-order valence-electron chi connectivity index (χ3n) is 3.38. The second kappa shape index (κ2) is 5.45. The number of hydrogen-bond donors (Lipinski definition) is 1. The Labute approximate surface area is 127 Å². The molecule has 1 N–H and O–H groups in total. The maximum atomic E-state index is 10.6. The molecule has 1 nitrogen and oxygen atoms in total. The molecule has 1 unspecified atom stereocenters. The highest BCUT2D eigenvalue weighted by atomic mass is 35.5. The quantitative estimate of drug-likeness (QED) is 0.687. The molecule has 0 saturated heterocycles. The van der Waals surface area contributed by atoms with Gasteiger partial charge >= 0.3 is 0 Å². The largest absolute Gasteiger partial charge is 0.384 e. The zero-order valence-corrected chi connectivity index (χ0v) is 12.1. The number of hydrogen-bond acceptors (Lipinski definition) is 1. The molecule has 0 aliphatic rings. The van der Waals surface area contributed by atoms with Crippen molar-refractivity contribution < 1.29 is 5.11 Å². The number of halogens is 2. The molecule has 3 rings (SSSR count). The molecule has 0 heterocycles. The van der Waals surface area contributed by atoms with Gasteiger partial charge in [-0.05, 0) is 28.5 Å². The van der Waals surface area contributed by atoms with Gasteiger partial charge < -0.3 is 5.11 Å². The number of rotatable bonds is 2. The summed E-state index contributed by atoms with van der Waals surface area (Å²) in [6.07, 6.45) is -0.772. The second-order valence-corrected chi connectivity index (χ2v) is 5.48. The predicted octanol–water partition coefficient (Wildman–Crippen LogP) is 5.23. The Hall–Kier alpha value is -1.54. The predicted molar refractivity (Wildman–Crippen MR) is 84.5 cm³/mol. The molecule has 3 aromatic carbocycles. The smallest absolute Gasteiger partial charge is 0.106 e. The van der Waals surface area contributed by atoms with E-state index in [1.807, 2.05) is 42.5 Å². The van der Waals surface area contributed by atoms with Crippen LogP contribution in [0.15, 0.2) is 60.7 Å². The Kier molecular flexibility index (Phi) is 3.66. The number of aliphatic hydroxyl groups is 1. The van der Waals surface area contributed by atoms with Crippen molar-refractivity contribution >= 4 is 34.0 Å². The third kappa shape index (κ3) is 2.40. The van der Waals surface area contributed by atoms with Crippen molar-refractivity contribution in [2.75, 3.05) is 0 Å². The molecule has 0 spiro atoms. The molecule has 1 atom stereocenters. The topological polar surface area (TPSA) is 20.2 Å². The normalized spacial score (nSPS) is 12.6. The van der Waals surface area contributed by atoms with Crippen molar-refractivity contribution in [2.24, 2.45) is 0 Å². The Morgan fingerprint density at radius 3 is 2.35 bits per heavy atom. The van der Waals surface area contributed by atoms with Crippen molar-refractivity contribution in [3.8, 4) is 0 Å². The van der Waals surface area contributed by atoms with Gasteiger partial charge in [0.1, 0.15) is 6.10 Å². The average molecular weight is 303 g/mol. The van der Waals surface area contributed by atoms with Gasteiger partial charge in [-0.25, -0.2) is 0 Å². The molecular weight excluding hydrogens is 291 g/mol. The van der Waals surface area contributed by atoms with E-state index < -0.39 is 6.10 Å². The van der Waals surface area contributed by atoms with Crippen molar-refractivity contribution in [3.63, 3.8) is 0 Å². The zero-order chi connectivity index (χ0) is 14.1. The Bertz CT molecular complexity index is 763. The van der Waals surface area contributed by atoms with Crippen LogP contribution in [-0.4, -0.2) is 5.11 Å². The van der Waals surface area contributed by atoms with E-state index in [0.29, 0.717) is 15.6 Å². The molecular formula is C17H12Cl2O. The summed E-state index contributed by atoms with van der Waals surface area (Å²) in [5.41, 5.74) is 1.50. The molecule has 100 valence electrons. The van der Waals surface area contributed by atoms with E-state index in [0.717, 1.165) is 16.3 Å². The van der Waals surface area contributed by atoms with Gasteiger partial charge in [0.25, 0.3) is 0 Å². The molecule has 20 heavy (non-hydrogen) atoms. The molecule has 0 radical (unpaired) electrons. The summed E-state index contributed by atoms with van der Waals surface area (Å²) in [5, 5.41) is 13.8. The van der Waals surface area contributed by atoms with Crippen LogP contribution in [0.3, 0.4) is 0 Å². The Balaban J connectivity index is 2.15. The lowest BCUT2D eigenvalue weighted by Gasteiger charge is -2.15. The van der Waals surface area contributed by atoms with Gasteiger partial charge in [-0.3, -0.25) is 0 Å². The molecule has 0 fully saturated rings. The fourth-order valence-corrected chi connectivity index (χ4v) is 2.89. The van der Waals surface area contributed by atoms with E-state index in [1.54, 1.807) is 18.2 Å². The first-order valence-electron chi connectivity index (χ1n) is 6.27. The summed E-state index contributed by atoms with van der Waals surface area (Å²) in [4.78, 5) is 0.